The summed E-state index contributed by atoms with van der Waals surface area (Å²) in [6.45, 7) is 2.40. The second kappa shape index (κ2) is 4.33. The fraction of sp³-hybridized carbons (Fsp3) is 0.364. The Morgan fingerprint density at radius 2 is 2.25 bits per heavy atom. The molecular formula is C11H11BrO4. The number of ether oxygens (including phenoxy) is 3. The molecule has 1 aliphatic heterocycles. The van der Waals surface area contributed by atoms with Gasteiger partial charge in [-0.3, -0.25) is 0 Å². The molecule has 0 saturated heterocycles. The molecule has 1 aromatic carbocycles. The van der Waals surface area contributed by atoms with Gasteiger partial charge in [-0.15, -0.1) is 0 Å². The zero-order valence-corrected chi connectivity index (χ0v) is 10.5. The number of hydrogen-bond donors (Lipinski definition) is 0. The highest BCUT2D eigenvalue weighted by atomic mass is 79.9. The topological polar surface area (TPSA) is 44.8 Å². The van der Waals surface area contributed by atoms with Crippen molar-refractivity contribution in [3.63, 3.8) is 0 Å². The summed E-state index contributed by atoms with van der Waals surface area (Å²) in [6.07, 6.45) is 0.0170. The van der Waals surface area contributed by atoms with Crippen molar-refractivity contribution in [1.29, 1.82) is 0 Å². The summed E-state index contributed by atoms with van der Waals surface area (Å²) in [4.78, 5) is 11.4. The predicted molar refractivity (Wildman–Crippen MR) is 61.1 cm³/mol. The number of methoxy groups -OCH3 is 1. The SMILES string of the molecule is COC(=O)c1cc2c(cc1Br)OC(C)CO2. The average molecular weight is 287 g/mol. The van der Waals surface area contributed by atoms with Crippen molar-refractivity contribution in [2.75, 3.05) is 13.7 Å². The Bertz CT molecular complexity index is 430. The minimum absolute atomic E-state index is 0.0170. The van der Waals surface area contributed by atoms with Crippen LogP contribution in [0.5, 0.6) is 11.5 Å². The zero-order valence-electron chi connectivity index (χ0n) is 8.95. The average Bonchev–Trinajstić information content (AvgIpc) is 2.27. The van der Waals surface area contributed by atoms with Gasteiger partial charge in [0.25, 0.3) is 0 Å². The van der Waals surface area contributed by atoms with Crippen LogP contribution in [0.4, 0.5) is 0 Å². The first-order valence-corrected chi connectivity index (χ1v) is 5.62. The fourth-order valence-corrected chi connectivity index (χ4v) is 1.95. The van der Waals surface area contributed by atoms with Gasteiger partial charge in [-0.05, 0) is 35.0 Å². The number of carbonyl (C=O) groups excluding carboxylic acids is 1. The van der Waals surface area contributed by atoms with Crippen LogP contribution in [0.1, 0.15) is 17.3 Å². The second-order valence-corrected chi connectivity index (χ2v) is 4.36. The molecule has 2 rings (SSSR count). The number of esters is 1. The lowest BCUT2D eigenvalue weighted by Crippen LogP contribution is -2.26. The van der Waals surface area contributed by atoms with Gasteiger partial charge in [0.05, 0.1) is 12.7 Å². The van der Waals surface area contributed by atoms with E-state index in [1.807, 2.05) is 6.92 Å². The van der Waals surface area contributed by atoms with Crippen molar-refractivity contribution in [2.45, 2.75) is 13.0 Å². The largest absolute Gasteiger partial charge is 0.486 e. The van der Waals surface area contributed by atoms with Crippen LogP contribution in [-0.2, 0) is 4.74 Å². The molecule has 0 N–H and O–H groups in total. The summed E-state index contributed by atoms with van der Waals surface area (Å²) in [7, 11) is 1.34. The van der Waals surface area contributed by atoms with E-state index in [0.717, 1.165) is 0 Å². The second-order valence-electron chi connectivity index (χ2n) is 3.51. The van der Waals surface area contributed by atoms with E-state index in [-0.39, 0.29) is 6.10 Å². The van der Waals surface area contributed by atoms with E-state index in [9.17, 15) is 4.79 Å². The Hall–Kier alpha value is -1.23. The standard InChI is InChI=1S/C11H11BrO4/c1-6-5-15-9-3-7(11(13)14-2)8(12)4-10(9)16-6/h3-4,6H,5H2,1-2H3. The van der Waals surface area contributed by atoms with Crippen LogP contribution in [0.2, 0.25) is 0 Å². The fourth-order valence-electron chi connectivity index (χ4n) is 1.46. The van der Waals surface area contributed by atoms with Crippen LogP contribution >= 0.6 is 15.9 Å². The summed E-state index contributed by atoms with van der Waals surface area (Å²) in [5, 5.41) is 0. The van der Waals surface area contributed by atoms with Crippen molar-refractivity contribution in [3.05, 3.63) is 22.2 Å². The summed E-state index contributed by atoms with van der Waals surface area (Å²) >= 11 is 3.30. The van der Waals surface area contributed by atoms with Crippen LogP contribution in [0.15, 0.2) is 16.6 Å². The third-order valence-electron chi connectivity index (χ3n) is 2.24. The normalized spacial score (nSPS) is 18.1. The number of halogens is 1. The Morgan fingerprint density at radius 3 is 2.94 bits per heavy atom. The van der Waals surface area contributed by atoms with Gasteiger partial charge >= 0.3 is 5.97 Å². The number of hydrogen-bond acceptors (Lipinski definition) is 4. The molecule has 0 amide bonds. The third-order valence-corrected chi connectivity index (χ3v) is 2.90. The van der Waals surface area contributed by atoms with Gasteiger partial charge in [0.15, 0.2) is 11.5 Å². The lowest BCUT2D eigenvalue weighted by Gasteiger charge is -2.24. The molecular weight excluding hydrogens is 276 g/mol. The number of carbonyl (C=O) groups is 1. The highest BCUT2D eigenvalue weighted by Gasteiger charge is 2.21. The highest BCUT2D eigenvalue weighted by molar-refractivity contribution is 9.10. The lowest BCUT2D eigenvalue weighted by atomic mass is 10.2. The van der Waals surface area contributed by atoms with Gasteiger partial charge in [0.2, 0.25) is 0 Å². The molecule has 86 valence electrons. The van der Waals surface area contributed by atoms with E-state index in [1.165, 1.54) is 7.11 Å². The number of fused-ring (bicyclic) bond motifs is 1. The van der Waals surface area contributed by atoms with Crippen molar-refractivity contribution in [1.82, 2.24) is 0 Å². The van der Waals surface area contributed by atoms with Crippen molar-refractivity contribution in [2.24, 2.45) is 0 Å². The maximum Gasteiger partial charge on any atom is 0.339 e. The van der Waals surface area contributed by atoms with Gasteiger partial charge in [-0.2, -0.15) is 0 Å². The first kappa shape index (κ1) is 11.3. The molecule has 0 bridgehead atoms. The van der Waals surface area contributed by atoms with E-state index >= 15 is 0 Å². The van der Waals surface area contributed by atoms with E-state index in [1.54, 1.807) is 12.1 Å². The molecule has 1 atom stereocenters. The van der Waals surface area contributed by atoms with Gasteiger partial charge in [-0.1, -0.05) is 0 Å². The molecule has 4 nitrogen and oxygen atoms in total. The maximum atomic E-state index is 11.4. The van der Waals surface area contributed by atoms with Gasteiger partial charge in [-0.25, -0.2) is 4.79 Å². The van der Waals surface area contributed by atoms with E-state index in [4.69, 9.17) is 9.47 Å². The number of benzene rings is 1. The predicted octanol–water partition coefficient (Wildman–Crippen LogP) is 2.40. The Labute approximate surface area is 102 Å². The molecule has 5 heteroatoms. The molecule has 1 heterocycles. The number of rotatable bonds is 1. The van der Waals surface area contributed by atoms with Gasteiger partial charge in [0.1, 0.15) is 12.7 Å². The van der Waals surface area contributed by atoms with Crippen molar-refractivity contribution < 1.29 is 19.0 Å². The van der Waals surface area contributed by atoms with Crippen LogP contribution < -0.4 is 9.47 Å². The molecule has 1 aliphatic rings. The maximum absolute atomic E-state index is 11.4. The first-order valence-electron chi connectivity index (χ1n) is 4.83. The molecule has 0 aromatic heterocycles. The summed E-state index contributed by atoms with van der Waals surface area (Å²) in [6, 6.07) is 3.34. The van der Waals surface area contributed by atoms with Gasteiger partial charge in [0, 0.05) is 4.47 Å². The summed E-state index contributed by atoms with van der Waals surface area (Å²) in [5.41, 5.74) is 0.430. The summed E-state index contributed by atoms with van der Waals surface area (Å²) in [5.74, 6) is 0.803. The monoisotopic (exact) mass is 286 g/mol. The Kier molecular flexibility index (Phi) is 3.05. The van der Waals surface area contributed by atoms with Crippen LogP contribution in [0.3, 0.4) is 0 Å². The third kappa shape index (κ3) is 2.00. The molecule has 0 aliphatic carbocycles. The molecule has 0 radical (unpaired) electrons. The minimum Gasteiger partial charge on any atom is -0.486 e. The minimum atomic E-state index is -0.406. The van der Waals surface area contributed by atoms with Crippen LogP contribution in [0, 0.1) is 0 Å². The lowest BCUT2D eigenvalue weighted by molar-refractivity contribution is 0.0597. The Balaban J connectivity index is 2.42. The molecule has 0 spiro atoms. The molecule has 0 saturated carbocycles. The Morgan fingerprint density at radius 1 is 1.50 bits per heavy atom. The van der Waals surface area contributed by atoms with Crippen LogP contribution in [-0.4, -0.2) is 25.8 Å². The highest BCUT2D eigenvalue weighted by Crippen LogP contribution is 2.36. The van der Waals surface area contributed by atoms with Crippen molar-refractivity contribution in [3.8, 4) is 11.5 Å². The van der Waals surface area contributed by atoms with Crippen LogP contribution in [0.25, 0.3) is 0 Å². The smallest absolute Gasteiger partial charge is 0.339 e. The first-order chi connectivity index (χ1) is 7.61. The molecule has 16 heavy (non-hydrogen) atoms. The summed E-state index contributed by atoms with van der Waals surface area (Å²) < 4.78 is 16.3. The van der Waals surface area contributed by atoms with Crippen molar-refractivity contribution >= 4 is 21.9 Å². The molecule has 1 aromatic rings. The van der Waals surface area contributed by atoms with E-state index in [2.05, 4.69) is 20.7 Å². The van der Waals surface area contributed by atoms with E-state index in [0.29, 0.717) is 28.1 Å². The molecule has 0 fully saturated rings. The van der Waals surface area contributed by atoms with E-state index < -0.39 is 5.97 Å². The van der Waals surface area contributed by atoms with Gasteiger partial charge < -0.3 is 14.2 Å². The zero-order chi connectivity index (χ0) is 11.7. The quantitative estimate of drug-likeness (QED) is 0.744. The molecule has 1 unspecified atom stereocenters.